The van der Waals surface area contributed by atoms with Crippen molar-refractivity contribution in [2.24, 2.45) is 0 Å². The van der Waals surface area contributed by atoms with E-state index in [9.17, 15) is 0 Å². The first-order chi connectivity index (χ1) is 8.69. The van der Waals surface area contributed by atoms with Gasteiger partial charge in [0.05, 0.1) is 5.69 Å². The number of anilines is 1. The first-order valence-electron chi connectivity index (χ1n) is 7.06. The highest BCUT2D eigenvalue weighted by Gasteiger charge is 2.11. The van der Waals surface area contributed by atoms with E-state index in [2.05, 4.69) is 48.8 Å². The standard InChI is InChI=1S/C14H27N3S/c1-5-7-9-15-14-16-12(3)11-17(14)13(4)8-10-18-6-2/h11,13H,5-10H2,1-4H3,(H,15,16). The molecule has 1 aromatic heterocycles. The SMILES string of the molecule is CCCCNc1nc(C)cn1C(C)CCSCC. The van der Waals surface area contributed by atoms with Crippen LogP contribution in [0.2, 0.25) is 0 Å². The lowest BCUT2D eigenvalue weighted by molar-refractivity contribution is 0.538. The van der Waals surface area contributed by atoms with Gasteiger partial charge in [-0.2, -0.15) is 11.8 Å². The van der Waals surface area contributed by atoms with Gasteiger partial charge in [-0.15, -0.1) is 0 Å². The van der Waals surface area contributed by atoms with Crippen LogP contribution in [0.25, 0.3) is 0 Å². The largest absolute Gasteiger partial charge is 0.356 e. The molecule has 0 spiro atoms. The molecule has 0 saturated heterocycles. The topological polar surface area (TPSA) is 29.9 Å². The summed E-state index contributed by atoms with van der Waals surface area (Å²) in [7, 11) is 0. The van der Waals surface area contributed by atoms with Gasteiger partial charge in [0.2, 0.25) is 5.95 Å². The van der Waals surface area contributed by atoms with E-state index in [1.165, 1.54) is 30.8 Å². The van der Waals surface area contributed by atoms with Crippen molar-refractivity contribution in [1.82, 2.24) is 9.55 Å². The Morgan fingerprint density at radius 1 is 1.44 bits per heavy atom. The van der Waals surface area contributed by atoms with Crippen molar-refractivity contribution in [2.45, 2.75) is 53.0 Å². The molecule has 0 aromatic carbocycles. The fourth-order valence-electron chi connectivity index (χ4n) is 1.90. The van der Waals surface area contributed by atoms with Crippen LogP contribution in [0, 0.1) is 6.92 Å². The molecule has 0 amide bonds. The molecule has 0 bridgehead atoms. The number of hydrogen-bond donors (Lipinski definition) is 1. The Kier molecular flexibility index (Phi) is 7.25. The van der Waals surface area contributed by atoms with Crippen molar-refractivity contribution in [3.05, 3.63) is 11.9 Å². The fourth-order valence-corrected chi connectivity index (χ4v) is 2.69. The van der Waals surface area contributed by atoms with E-state index < -0.39 is 0 Å². The van der Waals surface area contributed by atoms with Crippen LogP contribution in [0.15, 0.2) is 6.20 Å². The Balaban J connectivity index is 2.56. The van der Waals surface area contributed by atoms with Crippen LogP contribution >= 0.6 is 11.8 Å². The summed E-state index contributed by atoms with van der Waals surface area (Å²) in [6.45, 7) is 9.79. The van der Waals surface area contributed by atoms with Crippen LogP contribution < -0.4 is 5.32 Å². The van der Waals surface area contributed by atoms with Gasteiger partial charge < -0.3 is 9.88 Å². The Hall–Kier alpha value is -0.640. The van der Waals surface area contributed by atoms with Crippen LogP contribution in [-0.4, -0.2) is 27.6 Å². The summed E-state index contributed by atoms with van der Waals surface area (Å²) in [6, 6.07) is 0.523. The Bertz CT molecular complexity index is 336. The lowest BCUT2D eigenvalue weighted by Gasteiger charge is -2.16. The molecule has 1 aromatic rings. The lowest BCUT2D eigenvalue weighted by atomic mass is 10.2. The van der Waals surface area contributed by atoms with Crippen LogP contribution in [-0.2, 0) is 0 Å². The van der Waals surface area contributed by atoms with E-state index >= 15 is 0 Å². The summed E-state index contributed by atoms with van der Waals surface area (Å²) in [5.41, 5.74) is 1.10. The first kappa shape index (κ1) is 15.4. The first-order valence-corrected chi connectivity index (χ1v) is 8.21. The molecule has 0 radical (unpaired) electrons. The molecule has 104 valence electrons. The molecule has 0 aliphatic heterocycles. The third-order valence-corrected chi connectivity index (χ3v) is 3.96. The van der Waals surface area contributed by atoms with Crippen molar-refractivity contribution < 1.29 is 0 Å². The number of thioether (sulfide) groups is 1. The van der Waals surface area contributed by atoms with E-state index in [4.69, 9.17) is 0 Å². The van der Waals surface area contributed by atoms with E-state index in [1.54, 1.807) is 0 Å². The number of nitrogens with one attached hydrogen (secondary N) is 1. The van der Waals surface area contributed by atoms with Gasteiger partial charge in [-0.05, 0) is 38.2 Å². The summed E-state index contributed by atoms with van der Waals surface area (Å²) in [4.78, 5) is 4.58. The van der Waals surface area contributed by atoms with Crippen LogP contribution in [0.3, 0.4) is 0 Å². The number of nitrogens with zero attached hydrogens (tertiary/aromatic N) is 2. The van der Waals surface area contributed by atoms with Crippen molar-refractivity contribution in [3.8, 4) is 0 Å². The van der Waals surface area contributed by atoms with Crippen LogP contribution in [0.4, 0.5) is 5.95 Å². The van der Waals surface area contributed by atoms with Gasteiger partial charge in [0.15, 0.2) is 0 Å². The Labute approximate surface area is 116 Å². The zero-order valence-electron chi connectivity index (χ0n) is 12.2. The summed E-state index contributed by atoms with van der Waals surface area (Å²) in [6.07, 6.45) is 5.79. The number of rotatable bonds is 9. The minimum absolute atomic E-state index is 0.523. The van der Waals surface area contributed by atoms with E-state index in [0.29, 0.717) is 6.04 Å². The molecule has 0 aliphatic carbocycles. The number of unbranched alkanes of at least 4 members (excludes halogenated alkanes) is 1. The molecule has 1 heterocycles. The molecule has 1 rings (SSSR count). The fraction of sp³-hybridized carbons (Fsp3) is 0.786. The second-order valence-electron chi connectivity index (χ2n) is 4.73. The van der Waals surface area contributed by atoms with Gasteiger partial charge in [0.1, 0.15) is 0 Å². The maximum atomic E-state index is 4.58. The third kappa shape index (κ3) is 4.92. The molecule has 3 nitrogen and oxygen atoms in total. The molecular weight excluding hydrogens is 242 g/mol. The molecule has 1 atom stereocenters. The Morgan fingerprint density at radius 3 is 2.89 bits per heavy atom. The maximum Gasteiger partial charge on any atom is 0.203 e. The second-order valence-corrected chi connectivity index (χ2v) is 6.12. The molecule has 18 heavy (non-hydrogen) atoms. The van der Waals surface area contributed by atoms with Crippen molar-refractivity contribution >= 4 is 17.7 Å². The average molecular weight is 269 g/mol. The number of hydrogen-bond acceptors (Lipinski definition) is 3. The smallest absolute Gasteiger partial charge is 0.203 e. The highest BCUT2D eigenvalue weighted by atomic mass is 32.2. The van der Waals surface area contributed by atoms with Gasteiger partial charge in [0, 0.05) is 18.8 Å². The highest BCUT2D eigenvalue weighted by Crippen LogP contribution is 2.20. The number of aromatic nitrogens is 2. The molecule has 1 N–H and O–H groups in total. The van der Waals surface area contributed by atoms with Crippen molar-refractivity contribution in [3.63, 3.8) is 0 Å². The molecule has 4 heteroatoms. The van der Waals surface area contributed by atoms with E-state index in [0.717, 1.165) is 18.2 Å². The minimum atomic E-state index is 0.523. The normalized spacial score (nSPS) is 12.7. The summed E-state index contributed by atoms with van der Waals surface area (Å²) in [5, 5.41) is 3.45. The third-order valence-electron chi connectivity index (χ3n) is 3.03. The summed E-state index contributed by atoms with van der Waals surface area (Å²) in [5.74, 6) is 3.47. The van der Waals surface area contributed by atoms with Gasteiger partial charge in [-0.3, -0.25) is 0 Å². The lowest BCUT2D eigenvalue weighted by Crippen LogP contribution is -2.12. The van der Waals surface area contributed by atoms with Crippen molar-refractivity contribution in [2.75, 3.05) is 23.4 Å². The number of aryl methyl sites for hydroxylation is 1. The van der Waals surface area contributed by atoms with Crippen LogP contribution in [0.5, 0.6) is 0 Å². The van der Waals surface area contributed by atoms with Gasteiger partial charge >= 0.3 is 0 Å². The van der Waals surface area contributed by atoms with Crippen LogP contribution in [0.1, 0.15) is 51.8 Å². The van der Waals surface area contributed by atoms with Gasteiger partial charge in [-0.25, -0.2) is 4.98 Å². The molecule has 0 aliphatic rings. The second kappa shape index (κ2) is 8.46. The maximum absolute atomic E-state index is 4.58. The minimum Gasteiger partial charge on any atom is -0.356 e. The quantitative estimate of drug-likeness (QED) is 0.684. The zero-order valence-corrected chi connectivity index (χ0v) is 13.0. The molecule has 0 fully saturated rings. The van der Waals surface area contributed by atoms with Crippen molar-refractivity contribution in [1.29, 1.82) is 0 Å². The number of imidazole rings is 1. The predicted molar refractivity (Wildman–Crippen MR) is 82.7 cm³/mol. The zero-order chi connectivity index (χ0) is 13.4. The summed E-state index contributed by atoms with van der Waals surface area (Å²) < 4.78 is 2.29. The highest BCUT2D eigenvalue weighted by molar-refractivity contribution is 7.99. The van der Waals surface area contributed by atoms with Gasteiger partial charge in [0.25, 0.3) is 0 Å². The monoisotopic (exact) mass is 269 g/mol. The molecule has 1 unspecified atom stereocenters. The Morgan fingerprint density at radius 2 is 2.22 bits per heavy atom. The van der Waals surface area contributed by atoms with E-state index in [-0.39, 0.29) is 0 Å². The van der Waals surface area contributed by atoms with Gasteiger partial charge in [-0.1, -0.05) is 20.3 Å². The van der Waals surface area contributed by atoms with E-state index in [1.807, 2.05) is 11.8 Å². The molecular formula is C14H27N3S. The summed E-state index contributed by atoms with van der Waals surface area (Å²) >= 11 is 2.01. The molecule has 0 saturated carbocycles. The average Bonchev–Trinajstić information content (AvgIpc) is 2.71. The predicted octanol–water partition coefficient (Wildman–Crippen LogP) is 4.11.